The Morgan fingerprint density at radius 3 is 0.984 bits per heavy atom. The van der Waals surface area contributed by atoms with Crippen LogP contribution in [0.3, 0.4) is 0 Å². The molecule has 6 heteroatoms. The number of esters is 3. The number of hydrogen-bond acceptors (Lipinski definition) is 6. The van der Waals surface area contributed by atoms with Crippen molar-refractivity contribution in [2.45, 2.75) is 155 Å². The van der Waals surface area contributed by atoms with Crippen LogP contribution in [0.15, 0.2) is 158 Å². The zero-order chi connectivity index (χ0) is 44.4. The Morgan fingerprint density at radius 1 is 0.328 bits per heavy atom. The van der Waals surface area contributed by atoms with Gasteiger partial charge in [0.05, 0.1) is 0 Å². The van der Waals surface area contributed by atoms with Crippen LogP contribution in [0.25, 0.3) is 0 Å². The molecule has 1 unspecified atom stereocenters. The molecule has 0 saturated carbocycles. The minimum atomic E-state index is -0.836. The average Bonchev–Trinajstić information content (AvgIpc) is 3.26. The van der Waals surface area contributed by atoms with Crippen molar-refractivity contribution in [2.75, 3.05) is 13.2 Å². The van der Waals surface area contributed by atoms with Crippen molar-refractivity contribution in [1.29, 1.82) is 0 Å². The summed E-state index contributed by atoms with van der Waals surface area (Å²) in [5.41, 5.74) is 0. The minimum Gasteiger partial charge on any atom is -0.462 e. The Labute approximate surface area is 371 Å². The van der Waals surface area contributed by atoms with Crippen LogP contribution in [0.4, 0.5) is 0 Å². The van der Waals surface area contributed by atoms with Crippen molar-refractivity contribution < 1.29 is 28.6 Å². The second-order valence-electron chi connectivity index (χ2n) is 14.5. The Bertz CT molecular complexity index is 1470. The topological polar surface area (TPSA) is 78.9 Å². The molecule has 0 fully saturated rings. The fraction of sp³-hybridized carbons (Fsp3) is 0.473. The number of hydrogen-bond donors (Lipinski definition) is 0. The van der Waals surface area contributed by atoms with Crippen LogP contribution in [0, 0.1) is 0 Å². The lowest BCUT2D eigenvalue weighted by molar-refractivity contribution is -0.167. The van der Waals surface area contributed by atoms with Gasteiger partial charge in [-0.3, -0.25) is 14.4 Å². The summed E-state index contributed by atoms with van der Waals surface area (Å²) in [6.45, 7) is 6.06. The quantitative estimate of drug-likeness (QED) is 0.0267. The number of carbonyl (C=O) groups is 3. The van der Waals surface area contributed by atoms with Crippen LogP contribution in [0.2, 0.25) is 0 Å². The van der Waals surface area contributed by atoms with Gasteiger partial charge in [0.25, 0.3) is 0 Å². The monoisotopic (exact) mass is 837 g/mol. The number of allylic oxidation sites excluding steroid dienone is 26. The van der Waals surface area contributed by atoms with Gasteiger partial charge in [-0.15, -0.1) is 0 Å². The molecule has 0 radical (unpaired) electrons. The van der Waals surface area contributed by atoms with E-state index < -0.39 is 6.10 Å². The zero-order valence-electron chi connectivity index (χ0n) is 38.1. The first-order chi connectivity index (χ1) is 30.0. The van der Waals surface area contributed by atoms with Crippen LogP contribution in [0.5, 0.6) is 0 Å². The fourth-order valence-corrected chi connectivity index (χ4v) is 5.43. The molecule has 0 aromatic rings. The first kappa shape index (κ1) is 56.0. The molecule has 0 aromatic carbocycles. The zero-order valence-corrected chi connectivity index (χ0v) is 38.1. The number of rotatable bonds is 38. The molecule has 336 valence electrons. The maximum atomic E-state index is 12.8. The Hall–Kier alpha value is -4.97. The van der Waals surface area contributed by atoms with Crippen LogP contribution in [-0.4, -0.2) is 37.2 Å². The summed E-state index contributed by atoms with van der Waals surface area (Å²) in [6, 6.07) is 0. The normalized spacial score (nSPS) is 13.6. The van der Waals surface area contributed by atoms with Gasteiger partial charge in [-0.1, -0.05) is 217 Å². The standard InChI is InChI=1S/C55H80O6/c1-4-7-10-13-16-19-22-25-27-30-33-36-39-42-45-48-54(57)60-51-52(50-59-53(56)47-44-41-38-35-32-29-24-21-18-15-12-9-6-3)61-55(58)49-46-43-40-37-34-31-28-26-23-20-17-14-11-8-5-2/h7-29,32,35,38,52H,4-6,30-31,33-34,36-37,39-51H2,1-3H3/b10-7+,11-8+,12-9+,16-13+,17-14+,18-15+,22-19+,23-20+,24-21+,27-25+,28-26+,32-29+,38-35+. The molecule has 0 saturated heterocycles. The molecule has 1 atom stereocenters. The van der Waals surface area contributed by atoms with Gasteiger partial charge >= 0.3 is 17.9 Å². The van der Waals surface area contributed by atoms with Gasteiger partial charge in [0.2, 0.25) is 0 Å². The van der Waals surface area contributed by atoms with E-state index in [9.17, 15) is 14.4 Å². The van der Waals surface area contributed by atoms with Crippen molar-refractivity contribution in [3.8, 4) is 0 Å². The third-order valence-electron chi connectivity index (χ3n) is 8.83. The van der Waals surface area contributed by atoms with Crippen LogP contribution >= 0.6 is 0 Å². The predicted octanol–water partition coefficient (Wildman–Crippen LogP) is 15.1. The Balaban J connectivity index is 4.63. The maximum absolute atomic E-state index is 12.8. The van der Waals surface area contributed by atoms with E-state index in [1.165, 1.54) is 0 Å². The number of unbranched alkanes of at least 4 members (excludes halogenated alkanes) is 11. The lowest BCUT2D eigenvalue weighted by atomic mass is 10.1. The Morgan fingerprint density at radius 2 is 0.607 bits per heavy atom. The van der Waals surface area contributed by atoms with Gasteiger partial charge < -0.3 is 14.2 Å². The van der Waals surface area contributed by atoms with E-state index in [0.717, 1.165) is 103 Å². The third-order valence-corrected chi connectivity index (χ3v) is 8.83. The van der Waals surface area contributed by atoms with Gasteiger partial charge in [-0.25, -0.2) is 0 Å². The molecule has 0 spiro atoms. The van der Waals surface area contributed by atoms with Crippen molar-refractivity contribution in [2.24, 2.45) is 0 Å². The van der Waals surface area contributed by atoms with Crippen molar-refractivity contribution in [3.63, 3.8) is 0 Å². The summed E-state index contributed by atoms with van der Waals surface area (Å²) in [6.07, 6.45) is 69.4. The number of ether oxygens (including phenoxy) is 3. The lowest BCUT2D eigenvalue weighted by Crippen LogP contribution is -2.30. The van der Waals surface area contributed by atoms with E-state index >= 15 is 0 Å². The summed E-state index contributed by atoms with van der Waals surface area (Å²) in [7, 11) is 0. The lowest BCUT2D eigenvalue weighted by Gasteiger charge is -2.18. The highest BCUT2D eigenvalue weighted by atomic mass is 16.6. The molecule has 0 bridgehead atoms. The van der Waals surface area contributed by atoms with Gasteiger partial charge in [-0.2, -0.15) is 0 Å². The summed E-state index contributed by atoms with van der Waals surface area (Å²) in [5.74, 6) is -1.07. The second kappa shape index (κ2) is 47.7. The largest absolute Gasteiger partial charge is 0.462 e. The summed E-state index contributed by atoms with van der Waals surface area (Å²) < 4.78 is 16.6. The molecule has 0 heterocycles. The first-order valence-electron chi connectivity index (χ1n) is 23.2. The SMILES string of the molecule is CC/C=C/C=C/C=C/C=C/C=C/CCCC(=O)OCC(COC(=O)CCCCCCC/C=C/C=C/C=C/C=C/CC)OC(=O)CCCCCCC/C=C/C=C/C=C/C=C/CC. The van der Waals surface area contributed by atoms with Gasteiger partial charge in [0.15, 0.2) is 6.10 Å². The summed E-state index contributed by atoms with van der Waals surface area (Å²) in [5, 5.41) is 0. The third kappa shape index (κ3) is 46.0. The molecule has 0 N–H and O–H groups in total. The highest BCUT2D eigenvalue weighted by Gasteiger charge is 2.19. The highest BCUT2D eigenvalue weighted by Crippen LogP contribution is 2.12. The summed E-state index contributed by atoms with van der Waals surface area (Å²) in [4.78, 5) is 37.8. The van der Waals surface area contributed by atoms with Crippen LogP contribution in [0.1, 0.15) is 149 Å². The fourth-order valence-electron chi connectivity index (χ4n) is 5.43. The van der Waals surface area contributed by atoms with E-state index in [2.05, 4.69) is 69.4 Å². The van der Waals surface area contributed by atoms with E-state index in [-0.39, 0.29) is 44.0 Å². The van der Waals surface area contributed by atoms with Crippen molar-refractivity contribution >= 4 is 17.9 Å². The van der Waals surface area contributed by atoms with Crippen LogP contribution < -0.4 is 0 Å². The van der Waals surface area contributed by atoms with E-state index in [0.29, 0.717) is 12.8 Å². The molecule has 0 rings (SSSR count). The Kier molecular flexibility index (Phi) is 43.8. The molecule has 6 nitrogen and oxygen atoms in total. The van der Waals surface area contributed by atoms with Gasteiger partial charge in [0.1, 0.15) is 13.2 Å². The molecule has 0 aromatic heterocycles. The average molecular weight is 837 g/mol. The second-order valence-corrected chi connectivity index (χ2v) is 14.5. The molecule has 0 aliphatic rings. The molecule has 0 aliphatic carbocycles. The summed E-state index contributed by atoms with van der Waals surface area (Å²) >= 11 is 0. The van der Waals surface area contributed by atoms with Crippen molar-refractivity contribution in [3.05, 3.63) is 158 Å². The molecule has 0 aliphatic heterocycles. The highest BCUT2D eigenvalue weighted by molar-refractivity contribution is 5.71. The maximum Gasteiger partial charge on any atom is 0.306 e. The minimum absolute atomic E-state index is 0.131. The number of carbonyl (C=O) groups excluding carboxylic acids is 3. The first-order valence-corrected chi connectivity index (χ1v) is 23.2. The molecular formula is C55H80O6. The van der Waals surface area contributed by atoms with Crippen molar-refractivity contribution in [1.82, 2.24) is 0 Å². The van der Waals surface area contributed by atoms with E-state index in [1.807, 2.05) is 109 Å². The predicted molar refractivity (Wildman–Crippen MR) is 260 cm³/mol. The molecule has 61 heavy (non-hydrogen) atoms. The van der Waals surface area contributed by atoms with Crippen LogP contribution in [-0.2, 0) is 28.6 Å². The van der Waals surface area contributed by atoms with Gasteiger partial charge in [0, 0.05) is 19.3 Å². The van der Waals surface area contributed by atoms with Gasteiger partial charge in [-0.05, 0) is 70.6 Å². The van der Waals surface area contributed by atoms with E-state index in [1.54, 1.807) is 0 Å². The smallest absolute Gasteiger partial charge is 0.306 e. The van der Waals surface area contributed by atoms with E-state index in [4.69, 9.17) is 14.2 Å². The molecule has 0 amide bonds. The molecular weight excluding hydrogens is 757 g/mol.